The van der Waals surface area contributed by atoms with Crippen LogP contribution in [0.15, 0.2) is 39.0 Å². The van der Waals surface area contributed by atoms with Crippen molar-refractivity contribution in [2.75, 3.05) is 12.8 Å². The van der Waals surface area contributed by atoms with E-state index in [0.29, 0.717) is 4.90 Å². The summed E-state index contributed by atoms with van der Waals surface area (Å²) in [5.41, 5.74) is 2.28. The summed E-state index contributed by atoms with van der Waals surface area (Å²) >= 11 is 5.26. The van der Waals surface area contributed by atoms with Gasteiger partial charge in [-0.1, -0.05) is 19.1 Å². The Balaban J connectivity index is 2.39. The van der Waals surface area contributed by atoms with Crippen molar-refractivity contribution < 1.29 is 8.42 Å². The van der Waals surface area contributed by atoms with Gasteiger partial charge >= 0.3 is 0 Å². The zero-order chi connectivity index (χ0) is 15.6. The number of nitrogens with one attached hydrogen (secondary N) is 1. The van der Waals surface area contributed by atoms with Gasteiger partial charge in [0.2, 0.25) is 0 Å². The van der Waals surface area contributed by atoms with Crippen molar-refractivity contribution in [2.24, 2.45) is 0 Å². The summed E-state index contributed by atoms with van der Waals surface area (Å²) in [5.74, 6) is 0. The van der Waals surface area contributed by atoms with Crippen LogP contribution in [0.3, 0.4) is 0 Å². The lowest BCUT2D eigenvalue weighted by molar-refractivity contribution is 0.601. The van der Waals surface area contributed by atoms with E-state index in [4.69, 9.17) is 0 Å². The van der Waals surface area contributed by atoms with Gasteiger partial charge in [0.1, 0.15) is 0 Å². The monoisotopic (exact) mass is 387 g/mol. The van der Waals surface area contributed by atoms with Gasteiger partial charge in [-0.2, -0.15) is 0 Å². The minimum Gasteiger partial charge on any atom is -0.306 e. The van der Waals surface area contributed by atoms with Gasteiger partial charge in [-0.25, -0.2) is 8.42 Å². The summed E-state index contributed by atoms with van der Waals surface area (Å²) < 4.78 is 24.2. The Morgan fingerprint density at radius 1 is 1.29 bits per heavy atom. The quantitative estimate of drug-likeness (QED) is 0.845. The summed E-state index contributed by atoms with van der Waals surface area (Å²) in [6, 6.07) is 9.35. The molecule has 0 spiro atoms. The zero-order valence-electron chi connectivity index (χ0n) is 12.2. The molecule has 0 aliphatic heterocycles. The van der Waals surface area contributed by atoms with E-state index < -0.39 is 9.84 Å². The molecule has 0 saturated heterocycles. The number of benzene rings is 1. The van der Waals surface area contributed by atoms with Gasteiger partial charge < -0.3 is 5.32 Å². The molecule has 2 rings (SSSR count). The third-order valence-corrected chi connectivity index (χ3v) is 6.54. The summed E-state index contributed by atoms with van der Waals surface area (Å²) in [7, 11) is -3.15. The molecule has 1 heterocycles. The molecule has 1 unspecified atom stereocenters. The lowest BCUT2D eigenvalue weighted by Gasteiger charge is -2.17. The molecule has 1 atom stereocenters. The molecule has 0 aliphatic rings. The molecule has 0 radical (unpaired) electrons. The van der Waals surface area contributed by atoms with Crippen molar-refractivity contribution in [1.29, 1.82) is 0 Å². The van der Waals surface area contributed by atoms with E-state index in [1.165, 1.54) is 16.7 Å². The Bertz CT molecular complexity index is 701. The minimum absolute atomic E-state index is 0.0820. The van der Waals surface area contributed by atoms with Gasteiger partial charge in [0.15, 0.2) is 9.84 Å². The molecule has 1 aromatic carbocycles. The predicted molar refractivity (Wildman–Crippen MR) is 91.8 cm³/mol. The third kappa shape index (κ3) is 3.94. The van der Waals surface area contributed by atoms with E-state index in [1.54, 1.807) is 23.5 Å². The number of aryl methyl sites for hydroxylation is 1. The first-order valence-corrected chi connectivity index (χ1v) is 10.1. The van der Waals surface area contributed by atoms with E-state index in [0.717, 1.165) is 15.9 Å². The molecule has 0 aliphatic carbocycles. The maximum Gasteiger partial charge on any atom is 0.175 e. The van der Waals surface area contributed by atoms with Gasteiger partial charge in [0.25, 0.3) is 0 Å². The van der Waals surface area contributed by atoms with Crippen LogP contribution >= 0.6 is 27.3 Å². The molecule has 0 saturated carbocycles. The predicted octanol–water partition coefficient (Wildman–Crippen LogP) is 3.92. The molecule has 21 heavy (non-hydrogen) atoms. The zero-order valence-corrected chi connectivity index (χ0v) is 15.4. The van der Waals surface area contributed by atoms with Crippen LogP contribution in [-0.4, -0.2) is 21.2 Å². The highest BCUT2D eigenvalue weighted by Gasteiger charge is 2.17. The summed E-state index contributed by atoms with van der Waals surface area (Å²) in [6.45, 7) is 4.97. The Labute approximate surface area is 138 Å². The number of sulfone groups is 1. The lowest BCUT2D eigenvalue weighted by atomic mass is 10.1. The SMILES string of the molecule is CCNC(c1ccc(S(C)(=O)=O)cc1)c1cc(C)c(Br)s1. The van der Waals surface area contributed by atoms with Gasteiger partial charge in [-0.05, 0) is 58.7 Å². The first kappa shape index (κ1) is 16.7. The highest BCUT2D eigenvalue weighted by Crippen LogP contribution is 2.34. The van der Waals surface area contributed by atoms with Gasteiger partial charge in [0, 0.05) is 11.1 Å². The van der Waals surface area contributed by atoms with E-state index in [2.05, 4.69) is 41.2 Å². The molecule has 1 N–H and O–H groups in total. The van der Waals surface area contributed by atoms with Gasteiger partial charge in [0.05, 0.1) is 14.7 Å². The van der Waals surface area contributed by atoms with Gasteiger partial charge in [-0.15, -0.1) is 11.3 Å². The second-order valence-electron chi connectivity index (χ2n) is 4.94. The van der Waals surface area contributed by atoms with Gasteiger partial charge in [-0.3, -0.25) is 0 Å². The van der Waals surface area contributed by atoms with E-state index >= 15 is 0 Å². The highest BCUT2D eigenvalue weighted by molar-refractivity contribution is 9.11. The molecule has 2 aromatic rings. The second-order valence-corrected chi connectivity index (χ2v) is 9.35. The molecular weight excluding hydrogens is 370 g/mol. The van der Waals surface area contributed by atoms with Crippen molar-refractivity contribution in [1.82, 2.24) is 5.32 Å². The topological polar surface area (TPSA) is 46.2 Å². The fourth-order valence-electron chi connectivity index (χ4n) is 2.12. The molecule has 114 valence electrons. The molecule has 0 fully saturated rings. The fourth-order valence-corrected chi connectivity index (χ4v) is 4.43. The van der Waals surface area contributed by atoms with Crippen LogP contribution in [-0.2, 0) is 9.84 Å². The maximum absolute atomic E-state index is 11.5. The van der Waals surface area contributed by atoms with E-state index in [-0.39, 0.29) is 6.04 Å². The summed E-state index contributed by atoms with van der Waals surface area (Å²) in [6.07, 6.45) is 1.23. The van der Waals surface area contributed by atoms with Crippen LogP contribution in [0.1, 0.15) is 29.0 Å². The van der Waals surface area contributed by atoms with Crippen LogP contribution in [0.25, 0.3) is 0 Å². The molecule has 3 nitrogen and oxygen atoms in total. The number of hydrogen-bond donors (Lipinski definition) is 1. The lowest BCUT2D eigenvalue weighted by Crippen LogP contribution is -2.21. The summed E-state index contributed by atoms with van der Waals surface area (Å²) in [5, 5.41) is 3.45. The van der Waals surface area contributed by atoms with Crippen molar-refractivity contribution in [3.63, 3.8) is 0 Å². The Morgan fingerprint density at radius 2 is 1.90 bits per heavy atom. The Hall–Kier alpha value is -0.690. The number of rotatable bonds is 5. The van der Waals surface area contributed by atoms with E-state index in [9.17, 15) is 8.42 Å². The molecule has 1 aromatic heterocycles. The Kier molecular flexibility index (Phi) is 5.24. The maximum atomic E-state index is 11.5. The van der Waals surface area contributed by atoms with Crippen molar-refractivity contribution in [2.45, 2.75) is 24.8 Å². The van der Waals surface area contributed by atoms with Crippen molar-refractivity contribution >= 4 is 37.1 Å². The van der Waals surface area contributed by atoms with Crippen molar-refractivity contribution in [3.05, 3.63) is 50.1 Å². The smallest absolute Gasteiger partial charge is 0.175 e. The Morgan fingerprint density at radius 3 is 2.33 bits per heavy atom. The minimum atomic E-state index is -3.15. The third-order valence-electron chi connectivity index (χ3n) is 3.21. The highest BCUT2D eigenvalue weighted by atomic mass is 79.9. The standard InChI is InChI=1S/C15H18BrNO2S2/c1-4-17-14(13-9-10(2)15(16)20-13)11-5-7-12(8-6-11)21(3,18)19/h5-9,14,17H,4H2,1-3H3. The average molecular weight is 388 g/mol. The summed E-state index contributed by atoms with van der Waals surface area (Å²) in [4.78, 5) is 1.57. The molecule has 6 heteroatoms. The van der Waals surface area contributed by atoms with Crippen molar-refractivity contribution in [3.8, 4) is 0 Å². The molecular formula is C15H18BrNO2S2. The molecule has 0 amide bonds. The second kappa shape index (κ2) is 6.60. The van der Waals surface area contributed by atoms with Crippen LogP contribution in [0.2, 0.25) is 0 Å². The number of hydrogen-bond acceptors (Lipinski definition) is 4. The van der Waals surface area contributed by atoms with E-state index in [1.807, 2.05) is 12.1 Å². The number of halogens is 1. The first-order chi connectivity index (χ1) is 9.82. The molecule has 0 bridgehead atoms. The van der Waals surface area contributed by atoms with Crippen LogP contribution < -0.4 is 5.32 Å². The largest absolute Gasteiger partial charge is 0.306 e. The van der Waals surface area contributed by atoms with Crippen LogP contribution in [0.4, 0.5) is 0 Å². The van der Waals surface area contributed by atoms with Crippen LogP contribution in [0.5, 0.6) is 0 Å². The first-order valence-electron chi connectivity index (χ1n) is 6.62. The number of thiophene rings is 1. The average Bonchev–Trinajstić information content (AvgIpc) is 2.75. The fraction of sp³-hybridized carbons (Fsp3) is 0.333. The normalized spacial score (nSPS) is 13.3. The van der Waals surface area contributed by atoms with Crippen LogP contribution in [0, 0.1) is 6.92 Å².